The first-order chi connectivity index (χ1) is 11.6. The number of hydrogen-bond donors (Lipinski definition) is 2. The molecule has 0 saturated heterocycles. The van der Waals surface area contributed by atoms with Gasteiger partial charge in [-0.2, -0.15) is 0 Å². The highest BCUT2D eigenvalue weighted by Gasteiger charge is 2.09. The number of anilines is 1. The Kier molecular flexibility index (Phi) is 7.02. The van der Waals surface area contributed by atoms with Crippen LogP contribution in [0.3, 0.4) is 0 Å². The van der Waals surface area contributed by atoms with Crippen LogP contribution in [0, 0.1) is 6.92 Å². The quantitative estimate of drug-likeness (QED) is 0.560. The zero-order valence-corrected chi connectivity index (χ0v) is 15.0. The second kappa shape index (κ2) is 9.24. The summed E-state index contributed by atoms with van der Waals surface area (Å²) in [5.41, 5.74) is 2.64. The number of rotatable bonds is 8. The molecule has 2 aromatic rings. The SMILES string of the molecule is C=CCNC(=O)Cc1csc(SCC(=O)Nc2ccc(C)cc2)n1. The fourth-order valence-corrected chi connectivity index (χ4v) is 3.45. The lowest BCUT2D eigenvalue weighted by Gasteiger charge is -2.04. The van der Waals surface area contributed by atoms with E-state index in [1.54, 1.807) is 6.08 Å². The van der Waals surface area contributed by atoms with Crippen molar-refractivity contribution in [3.63, 3.8) is 0 Å². The van der Waals surface area contributed by atoms with Gasteiger partial charge in [0.05, 0.1) is 17.9 Å². The minimum absolute atomic E-state index is 0.0793. The number of aromatic nitrogens is 1. The van der Waals surface area contributed by atoms with Gasteiger partial charge in [0.25, 0.3) is 0 Å². The van der Waals surface area contributed by atoms with Crippen molar-refractivity contribution in [2.24, 2.45) is 0 Å². The van der Waals surface area contributed by atoms with Crippen LogP contribution in [0.5, 0.6) is 0 Å². The smallest absolute Gasteiger partial charge is 0.234 e. The standard InChI is InChI=1S/C17H19N3O2S2/c1-3-8-18-15(21)9-14-10-23-17(20-14)24-11-16(22)19-13-6-4-12(2)5-7-13/h3-7,10H,1,8-9,11H2,2H3,(H,18,21)(H,19,22). The maximum absolute atomic E-state index is 11.9. The zero-order chi connectivity index (χ0) is 17.4. The molecule has 0 atom stereocenters. The van der Waals surface area contributed by atoms with Gasteiger partial charge < -0.3 is 10.6 Å². The fourth-order valence-electron chi connectivity index (χ4n) is 1.81. The van der Waals surface area contributed by atoms with Crippen LogP contribution >= 0.6 is 23.1 Å². The first-order valence-corrected chi connectivity index (χ1v) is 9.24. The molecule has 0 aliphatic heterocycles. The fraction of sp³-hybridized carbons (Fsp3) is 0.235. The van der Waals surface area contributed by atoms with Gasteiger partial charge in [0.15, 0.2) is 4.34 Å². The Morgan fingerprint density at radius 3 is 2.75 bits per heavy atom. The van der Waals surface area contributed by atoms with Crippen molar-refractivity contribution in [1.29, 1.82) is 0 Å². The summed E-state index contributed by atoms with van der Waals surface area (Å²) in [6.45, 7) is 6.00. The first-order valence-electron chi connectivity index (χ1n) is 7.38. The van der Waals surface area contributed by atoms with Crippen LogP contribution in [-0.4, -0.2) is 29.1 Å². The second-order valence-corrected chi connectivity index (χ2v) is 7.16. The third-order valence-electron chi connectivity index (χ3n) is 2.98. The molecule has 0 saturated carbocycles. The van der Waals surface area contributed by atoms with E-state index in [1.165, 1.54) is 23.1 Å². The number of carbonyl (C=O) groups is 2. The Morgan fingerprint density at radius 1 is 1.29 bits per heavy atom. The average Bonchev–Trinajstić information content (AvgIpc) is 3.00. The first kappa shape index (κ1) is 18.2. The number of aryl methyl sites for hydroxylation is 1. The summed E-state index contributed by atoms with van der Waals surface area (Å²) >= 11 is 2.80. The van der Waals surface area contributed by atoms with E-state index in [2.05, 4.69) is 22.2 Å². The molecule has 1 heterocycles. The van der Waals surface area contributed by atoms with Crippen LogP contribution in [0.1, 0.15) is 11.3 Å². The zero-order valence-electron chi connectivity index (χ0n) is 13.4. The molecule has 7 heteroatoms. The number of thiazole rings is 1. The normalized spacial score (nSPS) is 10.2. The van der Waals surface area contributed by atoms with Gasteiger partial charge >= 0.3 is 0 Å². The molecule has 1 aromatic carbocycles. The molecule has 126 valence electrons. The molecule has 0 aliphatic carbocycles. The molecule has 0 spiro atoms. The summed E-state index contributed by atoms with van der Waals surface area (Å²) in [6.07, 6.45) is 1.87. The number of hydrogen-bond acceptors (Lipinski definition) is 5. The van der Waals surface area contributed by atoms with Crippen molar-refractivity contribution in [1.82, 2.24) is 10.3 Å². The second-order valence-electron chi connectivity index (χ2n) is 5.08. The number of thioether (sulfide) groups is 1. The molecule has 24 heavy (non-hydrogen) atoms. The van der Waals surface area contributed by atoms with E-state index in [0.717, 1.165) is 15.6 Å². The predicted octanol–water partition coefficient (Wildman–Crippen LogP) is 3.03. The molecule has 2 N–H and O–H groups in total. The van der Waals surface area contributed by atoms with Crippen LogP contribution in [0.2, 0.25) is 0 Å². The number of nitrogens with zero attached hydrogens (tertiary/aromatic N) is 1. The lowest BCUT2D eigenvalue weighted by molar-refractivity contribution is -0.120. The van der Waals surface area contributed by atoms with Crippen LogP contribution in [0.25, 0.3) is 0 Å². The molecule has 0 radical (unpaired) electrons. The van der Waals surface area contributed by atoms with Crippen LogP contribution in [0.4, 0.5) is 5.69 Å². The molecule has 2 amide bonds. The molecule has 0 unspecified atom stereocenters. The van der Waals surface area contributed by atoms with Gasteiger partial charge in [-0.25, -0.2) is 4.98 Å². The van der Waals surface area contributed by atoms with Gasteiger partial charge in [0, 0.05) is 17.6 Å². The van der Waals surface area contributed by atoms with Crippen molar-refractivity contribution in [2.45, 2.75) is 17.7 Å². The minimum Gasteiger partial charge on any atom is -0.352 e. The molecule has 0 bridgehead atoms. The Balaban J connectivity index is 1.77. The van der Waals surface area contributed by atoms with Crippen molar-refractivity contribution in [3.8, 4) is 0 Å². The Bertz CT molecular complexity index is 711. The summed E-state index contributed by atoms with van der Waals surface area (Å²) in [6, 6.07) is 7.66. The van der Waals surface area contributed by atoms with Gasteiger partial charge in [0.1, 0.15) is 0 Å². The Morgan fingerprint density at radius 2 is 2.04 bits per heavy atom. The Labute approximate surface area is 149 Å². The van der Waals surface area contributed by atoms with Crippen LogP contribution in [-0.2, 0) is 16.0 Å². The van der Waals surface area contributed by atoms with E-state index in [4.69, 9.17) is 0 Å². The lowest BCUT2D eigenvalue weighted by atomic mass is 10.2. The summed E-state index contributed by atoms with van der Waals surface area (Å²) in [5, 5.41) is 7.39. The number of carbonyl (C=O) groups excluding carboxylic acids is 2. The van der Waals surface area contributed by atoms with Crippen molar-refractivity contribution in [2.75, 3.05) is 17.6 Å². The summed E-state index contributed by atoms with van der Waals surface area (Å²) < 4.78 is 0.778. The molecule has 5 nitrogen and oxygen atoms in total. The highest BCUT2D eigenvalue weighted by molar-refractivity contribution is 8.01. The van der Waals surface area contributed by atoms with Crippen molar-refractivity contribution in [3.05, 3.63) is 53.6 Å². The highest BCUT2D eigenvalue weighted by Crippen LogP contribution is 2.23. The number of benzene rings is 1. The topological polar surface area (TPSA) is 71.1 Å². The maximum Gasteiger partial charge on any atom is 0.234 e. The van der Waals surface area contributed by atoms with Gasteiger partial charge in [-0.05, 0) is 19.1 Å². The van der Waals surface area contributed by atoms with E-state index in [1.807, 2.05) is 36.6 Å². The molecule has 0 fully saturated rings. The maximum atomic E-state index is 11.9. The Hall–Kier alpha value is -2.12. The van der Waals surface area contributed by atoms with Crippen molar-refractivity contribution >= 4 is 40.6 Å². The van der Waals surface area contributed by atoms with Gasteiger partial charge in [-0.15, -0.1) is 17.9 Å². The van der Waals surface area contributed by atoms with E-state index >= 15 is 0 Å². The number of amides is 2. The average molecular weight is 361 g/mol. The monoisotopic (exact) mass is 361 g/mol. The lowest BCUT2D eigenvalue weighted by Crippen LogP contribution is -2.25. The minimum atomic E-state index is -0.0890. The highest BCUT2D eigenvalue weighted by atomic mass is 32.2. The molecule has 1 aromatic heterocycles. The van der Waals surface area contributed by atoms with E-state index in [0.29, 0.717) is 12.2 Å². The van der Waals surface area contributed by atoms with E-state index < -0.39 is 0 Å². The summed E-state index contributed by atoms with van der Waals surface area (Å²) in [7, 11) is 0. The third-order valence-corrected chi connectivity index (χ3v) is 5.05. The molecule has 0 aliphatic rings. The third kappa shape index (κ3) is 6.17. The van der Waals surface area contributed by atoms with Crippen LogP contribution < -0.4 is 10.6 Å². The van der Waals surface area contributed by atoms with Gasteiger partial charge in [-0.3, -0.25) is 9.59 Å². The van der Waals surface area contributed by atoms with E-state index in [-0.39, 0.29) is 24.0 Å². The largest absolute Gasteiger partial charge is 0.352 e. The van der Waals surface area contributed by atoms with E-state index in [9.17, 15) is 9.59 Å². The molecular weight excluding hydrogens is 342 g/mol. The molecule has 2 rings (SSSR count). The number of nitrogens with one attached hydrogen (secondary N) is 2. The summed E-state index contributed by atoms with van der Waals surface area (Å²) in [5.74, 6) is 0.113. The van der Waals surface area contributed by atoms with Crippen LogP contribution in [0.15, 0.2) is 46.6 Å². The van der Waals surface area contributed by atoms with Crippen molar-refractivity contribution < 1.29 is 9.59 Å². The summed E-state index contributed by atoms with van der Waals surface area (Å²) in [4.78, 5) is 27.9. The van der Waals surface area contributed by atoms with Gasteiger partial charge in [-0.1, -0.05) is 35.5 Å². The molecular formula is C17H19N3O2S2. The predicted molar refractivity (Wildman–Crippen MR) is 99.6 cm³/mol. The van der Waals surface area contributed by atoms with Gasteiger partial charge in [0.2, 0.25) is 11.8 Å².